The fourth-order valence-corrected chi connectivity index (χ4v) is 5.80. The molecule has 2 aromatic rings. The summed E-state index contributed by atoms with van der Waals surface area (Å²) in [5.41, 5.74) is 1.27. The Bertz CT molecular complexity index is 916. The molecule has 0 bridgehead atoms. The zero-order valence-corrected chi connectivity index (χ0v) is 16.8. The highest BCUT2D eigenvalue weighted by atomic mass is 35.5. The van der Waals surface area contributed by atoms with Crippen molar-refractivity contribution in [2.45, 2.75) is 76.0 Å². The molecule has 3 heterocycles. The number of halogens is 1. The van der Waals surface area contributed by atoms with Crippen LogP contribution in [0.15, 0.2) is 29.5 Å². The summed E-state index contributed by atoms with van der Waals surface area (Å²) in [6, 6.07) is 4.09. The number of hydrogen-bond donors (Lipinski definition) is 1. The standard InChI is InChI=1S/C21H26ClN5O/c22-16-12-17(25-19-8-11-23-14-24-19)20(28)27-18(16)13-26(15-6-2-3-7-15)21(27)9-4-1-5-10-21/h8,11-12,14-15H,1-7,9-10,13H2,(H,23,24,25). The molecule has 1 aliphatic heterocycles. The number of nitrogens with one attached hydrogen (secondary N) is 1. The lowest BCUT2D eigenvalue weighted by molar-refractivity contribution is -0.0240. The minimum atomic E-state index is -0.216. The number of hydrogen-bond acceptors (Lipinski definition) is 5. The molecule has 0 saturated heterocycles. The van der Waals surface area contributed by atoms with Crippen LogP contribution in [-0.2, 0) is 12.2 Å². The molecule has 0 aromatic carbocycles. The molecular formula is C21H26ClN5O. The summed E-state index contributed by atoms with van der Waals surface area (Å²) in [6.07, 6.45) is 13.8. The second-order valence-corrected chi connectivity index (χ2v) is 8.73. The van der Waals surface area contributed by atoms with Gasteiger partial charge in [-0.2, -0.15) is 0 Å². The van der Waals surface area contributed by atoms with Crippen LogP contribution in [0.1, 0.15) is 63.5 Å². The number of fused-ring (bicyclic) bond motifs is 2. The number of nitrogens with zero attached hydrogens (tertiary/aromatic N) is 4. The minimum Gasteiger partial charge on any atom is -0.336 e. The maximum absolute atomic E-state index is 13.6. The third-order valence-electron chi connectivity index (χ3n) is 6.79. The molecule has 5 rings (SSSR count). The van der Waals surface area contributed by atoms with Crippen LogP contribution < -0.4 is 10.9 Å². The Balaban J connectivity index is 1.62. The molecule has 0 amide bonds. The fraction of sp³-hybridized carbons (Fsp3) is 0.571. The first-order chi connectivity index (χ1) is 13.7. The van der Waals surface area contributed by atoms with Crippen molar-refractivity contribution in [3.63, 3.8) is 0 Å². The van der Waals surface area contributed by atoms with E-state index in [4.69, 9.17) is 11.6 Å². The van der Waals surface area contributed by atoms with Crippen LogP contribution in [0.5, 0.6) is 0 Å². The van der Waals surface area contributed by atoms with E-state index in [1.807, 2.05) is 4.57 Å². The van der Waals surface area contributed by atoms with Gasteiger partial charge in [0.2, 0.25) is 0 Å². The van der Waals surface area contributed by atoms with E-state index in [2.05, 4.69) is 20.2 Å². The third-order valence-corrected chi connectivity index (χ3v) is 7.11. The van der Waals surface area contributed by atoms with Crippen molar-refractivity contribution < 1.29 is 0 Å². The molecule has 7 heteroatoms. The zero-order valence-electron chi connectivity index (χ0n) is 16.0. The Morgan fingerprint density at radius 2 is 1.93 bits per heavy atom. The molecule has 1 N–H and O–H groups in total. The highest BCUT2D eigenvalue weighted by Crippen LogP contribution is 2.48. The molecule has 0 atom stereocenters. The van der Waals surface area contributed by atoms with Crippen LogP contribution >= 0.6 is 11.6 Å². The van der Waals surface area contributed by atoms with Gasteiger partial charge in [0.15, 0.2) is 0 Å². The number of aromatic nitrogens is 3. The highest BCUT2D eigenvalue weighted by molar-refractivity contribution is 6.31. The normalized spacial score (nSPS) is 21.9. The molecule has 148 valence electrons. The van der Waals surface area contributed by atoms with Crippen molar-refractivity contribution in [2.24, 2.45) is 0 Å². The maximum Gasteiger partial charge on any atom is 0.276 e. The number of anilines is 2. The summed E-state index contributed by atoms with van der Waals surface area (Å²) in [5, 5.41) is 3.83. The van der Waals surface area contributed by atoms with Crippen molar-refractivity contribution in [3.8, 4) is 0 Å². The summed E-state index contributed by atoms with van der Waals surface area (Å²) in [5.74, 6) is 0.604. The minimum absolute atomic E-state index is 0.0143. The van der Waals surface area contributed by atoms with E-state index in [-0.39, 0.29) is 11.2 Å². The van der Waals surface area contributed by atoms with Gasteiger partial charge in [-0.05, 0) is 50.7 Å². The predicted octanol–water partition coefficient (Wildman–Crippen LogP) is 4.41. The van der Waals surface area contributed by atoms with Gasteiger partial charge in [-0.25, -0.2) is 9.97 Å². The molecule has 1 spiro atoms. The Hall–Kier alpha value is -1.92. The molecule has 3 aliphatic rings. The SMILES string of the molecule is O=c1c(Nc2ccncn2)cc(Cl)c2n1C1(CCCCC1)N(C1CCCC1)C2. The van der Waals surface area contributed by atoms with Gasteiger partial charge in [0.05, 0.1) is 10.7 Å². The van der Waals surface area contributed by atoms with Crippen molar-refractivity contribution in [1.29, 1.82) is 0 Å². The molecule has 2 aliphatic carbocycles. The molecule has 2 fully saturated rings. The first kappa shape index (κ1) is 18.1. The number of rotatable bonds is 3. The average molecular weight is 400 g/mol. The van der Waals surface area contributed by atoms with Crippen LogP contribution in [0.25, 0.3) is 0 Å². The smallest absolute Gasteiger partial charge is 0.276 e. The number of pyridine rings is 1. The topological polar surface area (TPSA) is 63.1 Å². The first-order valence-electron chi connectivity index (χ1n) is 10.4. The third kappa shape index (κ3) is 2.85. The van der Waals surface area contributed by atoms with E-state index in [1.54, 1.807) is 18.3 Å². The lowest BCUT2D eigenvalue weighted by Gasteiger charge is -2.45. The van der Waals surface area contributed by atoms with Crippen molar-refractivity contribution in [2.75, 3.05) is 5.32 Å². The van der Waals surface area contributed by atoms with Crippen LogP contribution in [0.4, 0.5) is 11.5 Å². The second kappa shape index (κ2) is 7.16. The van der Waals surface area contributed by atoms with Gasteiger partial charge in [-0.15, -0.1) is 0 Å². The predicted molar refractivity (Wildman–Crippen MR) is 110 cm³/mol. The lowest BCUT2D eigenvalue weighted by atomic mass is 9.86. The van der Waals surface area contributed by atoms with Gasteiger partial charge in [0.25, 0.3) is 5.56 Å². The molecule has 6 nitrogen and oxygen atoms in total. The fourth-order valence-electron chi connectivity index (χ4n) is 5.55. The van der Waals surface area contributed by atoms with Gasteiger partial charge >= 0.3 is 0 Å². The quantitative estimate of drug-likeness (QED) is 0.828. The largest absolute Gasteiger partial charge is 0.336 e. The van der Waals surface area contributed by atoms with Crippen LogP contribution in [-0.4, -0.2) is 25.5 Å². The molecule has 28 heavy (non-hydrogen) atoms. The van der Waals surface area contributed by atoms with Crippen LogP contribution in [0, 0.1) is 0 Å². The van der Waals surface area contributed by atoms with E-state index in [1.165, 1.54) is 38.4 Å². The maximum atomic E-state index is 13.6. The lowest BCUT2D eigenvalue weighted by Crippen LogP contribution is -2.53. The molecule has 0 radical (unpaired) electrons. The van der Waals surface area contributed by atoms with E-state index in [0.29, 0.717) is 22.6 Å². The molecular weight excluding hydrogens is 374 g/mol. The summed E-state index contributed by atoms with van der Waals surface area (Å²) < 4.78 is 2.04. The van der Waals surface area contributed by atoms with Crippen molar-refractivity contribution in [1.82, 2.24) is 19.4 Å². The van der Waals surface area contributed by atoms with E-state index in [0.717, 1.165) is 37.9 Å². The molecule has 2 saturated carbocycles. The van der Waals surface area contributed by atoms with E-state index < -0.39 is 0 Å². The van der Waals surface area contributed by atoms with E-state index in [9.17, 15) is 4.79 Å². The monoisotopic (exact) mass is 399 g/mol. The summed E-state index contributed by atoms with van der Waals surface area (Å²) in [7, 11) is 0. The van der Waals surface area contributed by atoms with Crippen molar-refractivity contribution >= 4 is 23.1 Å². The molecule has 2 aromatic heterocycles. The Morgan fingerprint density at radius 1 is 1.14 bits per heavy atom. The average Bonchev–Trinajstić information content (AvgIpc) is 3.34. The Kier molecular flexibility index (Phi) is 4.63. The molecule has 0 unspecified atom stereocenters. The van der Waals surface area contributed by atoms with Crippen LogP contribution in [0.2, 0.25) is 5.02 Å². The van der Waals surface area contributed by atoms with Gasteiger partial charge in [-0.3, -0.25) is 14.3 Å². The first-order valence-corrected chi connectivity index (χ1v) is 10.8. The summed E-state index contributed by atoms with van der Waals surface area (Å²) in [4.78, 5) is 24.4. The van der Waals surface area contributed by atoms with Gasteiger partial charge in [0.1, 0.15) is 23.5 Å². The summed E-state index contributed by atoms with van der Waals surface area (Å²) >= 11 is 6.73. The highest BCUT2D eigenvalue weighted by Gasteiger charge is 2.50. The zero-order chi connectivity index (χ0) is 19.1. The Morgan fingerprint density at radius 3 is 2.64 bits per heavy atom. The summed E-state index contributed by atoms with van der Waals surface area (Å²) in [6.45, 7) is 0.784. The second-order valence-electron chi connectivity index (χ2n) is 8.32. The van der Waals surface area contributed by atoms with Gasteiger partial charge in [0, 0.05) is 18.8 Å². The Labute approximate surface area is 169 Å². The van der Waals surface area contributed by atoms with Gasteiger partial charge < -0.3 is 5.32 Å². The van der Waals surface area contributed by atoms with Gasteiger partial charge in [-0.1, -0.05) is 30.9 Å². The van der Waals surface area contributed by atoms with E-state index >= 15 is 0 Å². The van der Waals surface area contributed by atoms with Crippen LogP contribution in [0.3, 0.4) is 0 Å². The van der Waals surface area contributed by atoms with Crippen molar-refractivity contribution in [3.05, 3.63) is 45.7 Å².